The van der Waals surface area contributed by atoms with Crippen molar-refractivity contribution in [3.05, 3.63) is 300 Å². The van der Waals surface area contributed by atoms with Crippen molar-refractivity contribution in [1.29, 1.82) is 0 Å². The van der Waals surface area contributed by atoms with Gasteiger partial charge in [0.1, 0.15) is 0 Å². The van der Waals surface area contributed by atoms with Crippen molar-refractivity contribution < 1.29 is 73.3 Å². The van der Waals surface area contributed by atoms with Gasteiger partial charge in [-0.15, -0.1) is 92.3 Å². The molecule has 0 atom stereocenters. The molecule has 4 heteroatoms. The Hall–Kier alpha value is -5.45. The van der Waals surface area contributed by atoms with Crippen LogP contribution in [0, 0.1) is 24.0 Å². The van der Waals surface area contributed by atoms with Gasteiger partial charge >= 0.3 is 198 Å². The fourth-order valence-electron chi connectivity index (χ4n) is 8.19. The first-order valence-corrected chi connectivity index (χ1v) is 26.7. The van der Waals surface area contributed by atoms with Crippen molar-refractivity contribution in [2.45, 2.75) is 40.5 Å². The van der Waals surface area contributed by atoms with E-state index in [1.165, 1.54) is 131 Å². The van der Waals surface area contributed by atoms with Crippen LogP contribution in [0.4, 0.5) is 0 Å². The van der Waals surface area contributed by atoms with Crippen LogP contribution >= 0.6 is 0 Å². The van der Waals surface area contributed by atoms with Gasteiger partial charge in [-0.2, -0.15) is 23.3 Å². The van der Waals surface area contributed by atoms with Gasteiger partial charge in [0, 0.05) is 0 Å². The zero-order valence-corrected chi connectivity index (χ0v) is 48.0. The summed E-state index contributed by atoms with van der Waals surface area (Å²) < 4.78 is 2.83. The second-order valence-corrected chi connectivity index (χ2v) is 20.1. The molecule has 2 aliphatic rings. The Morgan fingerprint density at radius 2 is 0.569 bits per heavy atom. The van der Waals surface area contributed by atoms with Crippen LogP contribution in [-0.4, -0.2) is 6.41 Å². The van der Waals surface area contributed by atoms with Crippen LogP contribution < -0.4 is 24.8 Å². The number of hydrogen-bond acceptors (Lipinski definition) is 0. The molecule has 0 N–H and O–H groups in total. The van der Waals surface area contributed by atoms with E-state index in [1.54, 1.807) is 0 Å². The largest absolute Gasteiger partial charge is 0.126 e. The first kappa shape index (κ1) is 57.4. The molecule has 12 rings (SSSR count). The van der Waals surface area contributed by atoms with Crippen molar-refractivity contribution in [2.75, 3.05) is 0 Å². The Balaban J connectivity index is 0.000000162. The molecule has 2 aliphatic carbocycles. The summed E-state index contributed by atoms with van der Waals surface area (Å²) in [6.45, 7) is 8.81. The van der Waals surface area contributed by atoms with E-state index in [0.29, 0.717) is 11.8 Å². The van der Waals surface area contributed by atoms with Gasteiger partial charge in [0.15, 0.2) is 0 Å². The Bertz CT molecular complexity index is 2920. The van der Waals surface area contributed by atoms with Gasteiger partial charge in [-0.05, 0) is 0 Å². The molecule has 72 heavy (non-hydrogen) atoms. The zero-order valence-electron chi connectivity index (χ0n) is 41.6. The topological polar surface area (TPSA) is 0 Å². The van der Waals surface area contributed by atoms with E-state index in [-0.39, 0.29) is 24.8 Å². The SMILES string of the molecule is CC(C)C1=CC[C-]=C1.CC(C)C1=CC[C-]=C1.[Cl-].[Cl-].[Zr+2]=[C](c1ccccc1)c1ccccc1.[Zr+2]=[C](c1ccccc1)c1ccccc1.c1ccc2c(c1)[cH-]c1ccccc12.c1ccc2c(c1)[cH-]c1ccccc12. The van der Waals surface area contributed by atoms with Crippen LogP contribution in [0.15, 0.2) is 266 Å². The second-order valence-electron chi connectivity index (χ2n) is 17.7. The average Bonchev–Trinajstić information content (AvgIpc) is 4.28. The molecule has 0 aliphatic heterocycles. The third kappa shape index (κ3) is 16.8. The third-order valence-electron chi connectivity index (χ3n) is 12.1. The van der Waals surface area contributed by atoms with E-state index < -0.39 is 0 Å². The Kier molecular flexibility index (Phi) is 24.4. The molecule has 0 amide bonds. The fourth-order valence-corrected chi connectivity index (χ4v) is 9.83. The predicted molar refractivity (Wildman–Crippen MR) is 297 cm³/mol. The molecule has 0 nitrogen and oxygen atoms in total. The maximum Gasteiger partial charge on any atom is -0.0771 e. The summed E-state index contributed by atoms with van der Waals surface area (Å²) >= 11 is 2.92. The molecular formula is C68H60Cl2Zr2-2. The summed E-state index contributed by atoms with van der Waals surface area (Å²) in [5.74, 6) is 1.37. The molecular weight excluding hydrogens is 1070 g/mol. The minimum Gasteiger partial charge on any atom is -0.126 e. The summed E-state index contributed by atoms with van der Waals surface area (Å²) in [7, 11) is 0. The number of allylic oxidation sites excluding steroid dienone is 8. The second kappa shape index (κ2) is 30.5. The quantitative estimate of drug-likeness (QED) is 0.146. The van der Waals surface area contributed by atoms with Gasteiger partial charge in [0.05, 0.1) is 0 Å². The molecule has 356 valence electrons. The van der Waals surface area contributed by atoms with Gasteiger partial charge in [-0.25, -0.2) is 12.2 Å². The predicted octanol–water partition coefficient (Wildman–Crippen LogP) is 11.7. The van der Waals surface area contributed by atoms with Crippen molar-refractivity contribution in [2.24, 2.45) is 11.8 Å². The van der Waals surface area contributed by atoms with Crippen molar-refractivity contribution in [3.8, 4) is 0 Å². The maximum absolute atomic E-state index is 3.14. The monoisotopic (exact) mass is 1130 g/mol. The first-order chi connectivity index (χ1) is 34.3. The van der Waals surface area contributed by atoms with E-state index in [1.807, 2.05) is 0 Å². The standard InChI is InChI=1S/2C13H9.2C13H10.2C8H11.2ClH.2Zr/c2*1-3-7-12-10(5-1)9-11-6-2-4-8-13(11)12;2*1-3-7-12(8-4-1)11-13-9-5-2-6-10-13;2*1-7(2)8-5-3-4-6-8;;;;/h2*1-9H;2*1-10H;2*5-7H,3H2,1-2H3;2*1H;;/q2*-1;;;2*-1;;;2*+2/p-2. The average molecular weight is 1130 g/mol. The van der Waals surface area contributed by atoms with E-state index in [9.17, 15) is 0 Å². The van der Waals surface area contributed by atoms with Crippen LogP contribution in [-0.2, 0) is 48.5 Å². The van der Waals surface area contributed by atoms with Crippen LogP contribution in [0.5, 0.6) is 0 Å². The van der Waals surface area contributed by atoms with Gasteiger partial charge in [0.2, 0.25) is 0 Å². The number of rotatable bonds is 6. The van der Waals surface area contributed by atoms with E-state index in [2.05, 4.69) is 295 Å². The third-order valence-corrected chi connectivity index (χ3v) is 14.9. The summed E-state index contributed by atoms with van der Waals surface area (Å²) in [6, 6.07) is 80.8. The van der Waals surface area contributed by atoms with Gasteiger partial charge in [-0.1, -0.05) is 112 Å². The number of halogens is 2. The van der Waals surface area contributed by atoms with Crippen LogP contribution in [0.25, 0.3) is 43.1 Å². The summed E-state index contributed by atoms with van der Waals surface area (Å²) in [4.78, 5) is 0. The van der Waals surface area contributed by atoms with Crippen molar-refractivity contribution in [1.82, 2.24) is 0 Å². The van der Waals surface area contributed by atoms with Crippen LogP contribution in [0.3, 0.4) is 0 Å². The van der Waals surface area contributed by atoms with Crippen molar-refractivity contribution >= 4 is 49.5 Å². The molecule has 0 aromatic heterocycles. The van der Waals surface area contributed by atoms with E-state index in [4.69, 9.17) is 0 Å². The smallest absolute Gasteiger partial charge is 0.0771 e. The van der Waals surface area contributed by atoms with Crippen LogP contribution in [0.2, 0.25) is 0 Å². The van der Waals surface area contributed by atoms with E-state index in [0.717, 1.165) is 12.8 Å². The molecule has 0 heterocycles. The summed E-state index contributed by atoms with van der Waals surface area (Å²) in [6.07, 6.45) is 16.9. The Morgan fingerprint density at radius 1 is 0.347 bits per heavy atom. The molecule has 0 spiro atoms. The molecule has 10 aromatic carbocycles. The number of benzene rings is 8. The molecule has 10 aromatic rings. The molecule has 0 saturated heterocycles. The minimum absolute atomic E-state index is 0. The number of fused-ring (bicyclic) bond motifs is 6. The zero-order chi connectivity index (χ0) is 48.9. The van der Waals surface area contributed by atoms with Crippen molar-refractivity contribution in [3.63, 3.8) is 0 Å². The molecule has 0 fully saturated rings. The summed E-state index contributed by atoms with van der Waals surface area (Å²) in [5.41, 5.74) is 8.19. The van der Waals surface area contributed by atoms with E-state index >= 15 is 0 Å². The summed E-state index contributed by atoms with van der Waals surface area (Å²) in [5, 5.41) is 10.8. The van der Waals surface area contributed by atoms with Gasteiger partial charge < -0.3 is 24.8 Å². The molecule has 0 bridgehead atoms. The molecule has 0 unspecified atom stereocenters. The maximum atomic E-state index is 3.14. The molecule has 0 radical (unpaired) electrons. The van der Waals surface area contributed by atoms with Gasteiger partial charge in [-0.3, -0.25) is 12.2 Å². The van der Waals surface area contributed by atoms with Crippen LogP contribution in [0.1, 0.15) is 62.8 Å². The Labute approximate surface area is 471 Å². The fraction of sp³-hybridized carbons (Fsp3) is 0.118. The first-order valence-electron chi connectivity index (χ1n) is 24.2. The normalized spacial score (nSPS) is 11.8. The van der Waals surface area contributed by atoms with Gasteiger partial charge in [0.25, 0.3) is 0 Å². The molecule has 0 saturated carbocycles. The Morgan fingerprint density at radius 3 is 0.764 bits per heavy atom. The minimum atomic E-state index is 0. The number of hydrogen-bond donors (Lipinski definition) is 0.